The molecule has 2 aromatic rings. The van der Waals surface area contributed by atoms with Gasteiger partial charge in [0.15, 0.2) is 5.78 Å². The van der Waals surface area contributed by atoms with Crippen LogP contribution in [0.2, 0.25) is 0 Å². The van der Waals surface area contributed by atoms with Gasteiger partial charge in [-0.1, -0.05) is 30.3 Å². The van der Waals surface area contributed by atoms with Crippen LogP contribution >= 0.6 is 0 Å². The Morgan fingerprint density at radius 3 is 2.00 bits per heavy atom. The first kappa shape index (κ1) is 9.46. The summed E-state index contributed by atoms with van der Waals surface area (Å²) in [6, 6.07) is 15.3. The van der Waals surface area contributed by atoms with Gasteiger partial charge in [-0.25, -0.2) is 0 Å². The second-order valence-corrected chi connectivity index (χ2v) is 3.24. The van der Waals surface area contributed by atoms with E-state index in [1.54, 1.807) is 24.3 Å². The van der Waals surface area contributed by atoms with Crippen LogP contribution in [0, 0.1) is 0 Å². The predicted octanol–water partition coefficient (Wildman–Crippen LogP) is 2.87. The molecular formula is C13H12O2. The lowest BCUT2D eigenvalue weighted by Gasteiger charge is -2.00. The van der Waals surface area contributed by atoms with Gasteiger partial charge in [-0.05, 0) is 24.3 Å². The lowest BCUT2D eigenvalue weighted by Crippen LogP contribution is -1.99. The van der Waals surface area contributed by atoms with Crippen molar-refractivity contribution >= 4 is 5.78 Å². The third kappa shape index (κ3) is 2.05. The van der Waals surface area contributed by atoms with Crippen molar-refractivity contribution in [2.24, 2.45) is 0 Å². The first-order chi connectivity index (χ1) is 7.27. The number of ketones is 1. The fourth-order valence-electron chi connectivity index (χ4n) is 1.37. The number of hydrogen-bond donors (Lipinski definition) is 1. The van der Waals surface area contributed by atoms with Gasteiger partial charge in [-0.2, -0.15) is 0 Å². The molecule has 0 aromatic heterocycles. The third-order valence-electron chi connectivity index (χ3n) is 2.17. The summed E-state index contributed by atoms with van der Waals surface area (Å²) in [5.74, 6) is 0.134. The Hall–Kier alpha value is -2.09. The maximum absolute atomic E-state index is 11.9. The second kappa shape index (κ2) is 3.96. The highest BCUT2D eigenvalue weighted by Crippen LogP contribution is 2.13. The molecule has 0 heterocycles. The number of benzene rings is 2. The zero-order valence-corrected chi connectivity index (χ0v) is 8.05. The van der Waals surface area contributed by atoms with Gasteiger partial charge in [0.2, 0.25) is 0 Å². The van der Waals surface area contributed by atoms with E-state index in [-0.39, 0.29) is 13.0 Å². The maximum atomic E-state index is 11.9. The van der Waals surface area contributed by atoms with Crippen molar-refractivity contribution in [2.75, 3.05) is 0 Å². The van der Waals surface area contributed by atoms with Crippen molar-refractivity contribution in [1.82, 2.24) is 0 Å². The molecule has 0 spiro atoms. The molecule has 0 amide bonds. The highest BCUT2D eigenvalue weighted by atomic mass is 16.3. The van der Waals surface area contributed by atoms with Gasteiger partial charge in [-0.3, -0.25) is 4.79 Å². The Balaban J connectivity index is 0.00000128. The van der Waals surface area contributed by atoms with Crippen LogP contribution < -0.4 is 0 Å². The van der Waals surface area contributed by atoms with Crippen molar-refractivity contribution in [1.29, 1.82) is 0 Å². The van der Waals surface area contributed by atoms with E-state index in [0.717, 1.165) is 0 Å². The molecule has 0 atom stereocenters. The monoisotopic (exact) mass is 200 g/mol. The standard InChI is InChI=1S/C13H10O2.H2/c14-12-8-6-11(7-9-12)13(15)10-4-2-1-3-5-10;/h1-9,14H;1H. The molecule has 76 valence electrons. The molecule has 0 aliphatic carbocycles. The molecule has 0 aliphatic rings. The topological polar surface area (TPSA) is 37.3 Å². The Kier molecular flexibility index (Phi) is 2.50. The number of hydrogen-bond acceptors (Lipinski definition) is 2. The van der Waals surface area contributed by atoms with Gasteiger partial charge in [0.1, 0.15) is 5.75 Å². The van der Waals surface area contributed by atoms with Crippen molar-refractivity contribution in [3.63, 3.8) is 0 Å². The molecule has 2 rings (SSSR count). The fraction of sp³-hybridized carbons (Fsp3) is 0. The van der Waals surface area contributed by atoms with Crippen LogP contribution in [0.4, 0.5) is 0 Å². The summed E-state index contributed by atoms with van der Waals surface area (Å²) in [5, 5.41) is 9.10. The summed E-state index contributed by atoms with van der Waals surface area (Å²) in [5.41, 5.74) is 1.24. The van der Waals surface area contributed by atoms with Crippen LogP contribution in [0.3, 0.4) is 0 Å². The Bertz CT molecular complexity index is 463. The van der Waals surface area contributed by atoms with Gasteiger partial charge in [0, 0.05) is 12.6 Å². The van der Waals surface area contributed by atoms with Crippen molar-refractivity contribution in [2.45, 2.75) is 0 Å². The molecule has 1 N–H and O–H groups in total. The average Bonchev–Trinajstić information content (AvgIpc) is 2.30. The van der Waals surface area contributed by atoms with Crippen LogP contribution in [0.5, 0.6) is 5.75 Å². The van der Waals surface area contributed by atoms with Gasteiger partial charge < -0.3 is 5.11 Å². The molecule has 0 radical (unpaired) electrons. The van der Waals surface area contributed by atoms with Crippen LogP contribution in [0.1, 0.15) is 17.3 Å². The maximum Gasteiger partial charge on any atom is 0.193 e. The number of rotatable bonds is 2. The van der Waals surface area contributed by atoms with Crippen molar-refractivity contribution in [3.05, 3.63) is 65.7 Å². The van der Waals surface area contributed by atoms with E-state index in [2.05, 4.69) is 0 Å². The average molecular weight is 200 g/mol. The van der Waals surface area contributed by atoms with Crippen molar-refractivity contribution < 1.29 is 11.3 Å². The van der Waals surface area contributed by atoms with E-state index in [1.165, 1.54) is 12.1 Å². The Morgan fingerprint density at radius 1 is 0.867 bits per heavy atom. The lowest BCUT2D eigenvalue weighted by molar-refractivity contribution is 0.103. The van der Waals surface area contributed by atoms with Crippen LogP contribution in [-0.4, -0.2) is 10.9 Å². The van der Waals surface area contributed by atoms with Crippen LogP contribution in [0.15, 0.2) is 54.6 Å². The van der Waals surface area contributed by atoms with Crippen molar-refractivity contribution in [3.8, 4) is 5.75 Å². The molecule has 2 nitrogen and oxygen atoms in total. The molecule has 0 unspecified atom stereocenters. The highest BCUT2D eigenvalue weighted by Gasteiger charge is 2.07. The lowest BCUT2D eigenvalue weighted by atomic mass is 10.0. The van der Waals surface area contributed by atoms with E-state index in [9.17, 15) is 4.79 Å². The quantitative estimate of drug-likeness (QED) is 0.757. The minimum absolute atomic E-state index is 0. The number of carbonyl (C=O) groups excluding carboxylic acids is 1. The van der Waals surface area contributed by atoms with Gasteiger partial charge >= 0.3 is 0 Å². The molecule has 15 heavy (non-hydrogen) atoms. The number of carbonyl (C=O) groups is 1. The summed E-state index contributed by atoms with van der Waals surface area (Å²) >= 11 is 0. The highest BCUT2D eigenvalue weighted by molar-refractivity contribution is 6.08. The molecule has 0 saturated carbocycles. The van der Waals surface area contributed by atoms with E-state index in [4.69, 9.17) is 5.11 Å². The first-order valence-electron chi connectivity index (χ1n) is 4.66. The van der Waals surface area contributed by atoms with E-state index >= 15 is 0 Å². The van der Waals surface area contributed by atoms with E-state index < -0.39 is 0 Å². The minimum atomic E-state index is -0.0319. The number of aromatic hydroxyl groups is 1. The van der Waals surface area contributed by atoms with Gasteiger partial charge in [0.25, 0.3) is 0 Å². The second-order valence-electron chi connectivity index (χ2n) is 3.24. The molecular weight excluding hydrogens is 188 g/mol. The van der Waals surface area contributed by atoms with Crippen LogP contribution in [0.25, 0.3) is 0 Å². The number of phenols is 1. The molecule has 0 bridgehead atoms. The summed E-state index contributed by atoms with van der Waals surface area (Å²) in [4.78, 5) is 11.9. The largest absolute Gasteiger partial charge is 0.508 e. The summed E-state index contributed by atoms with van der Waals surface area (Å²) in [6.07, 6.45) is 0. The van der Waals surface area contributed by atoms with Crippen LogP contribution in [-0.2, 0) is 0 Å². The summed E-state index contributed by atoms with van der Waals surface area (Å²) in [6.45, 7) is 0. The Morgan fingerprint density at radius 2 is 1.40 bits per heavy atom. The third-order valence-corrected chi connectivity index (χ3v) is 2.17. The van der Waals surface area contributed by atoms with E-state index in [0.29, 0.717) is 11.1 Å². The predicted molar refractivity (Wildman–Crippen MR) is 60.1 cm³/mol. The molecule has 0 saturated heterocycles. The Labute approximate surface area is 89.3 Å². The zero-order valence-electron chi connectivity index (χ0n) is 8.05. The fourth-order valence-corrected chi connectivity index (χ4v) is 1.37. The number of phenolic OH excluding ortho intramolecular Hbond substituents is 1. The first-order valence-corrected chi connectivity index (χ1v) is 4.66. The zero-order chi connectivity index (χ0) is 10.7. The summed E-state index contributed by atoms with van der Waals surface area (Å²) < 4.78 is 0. The molecule has 0 fully saturated rings. The molecule has 0 aliphatic heterocycles. The van der Waals surface area contributed by atoms with Gasteiger partial charge in [0.05, 0.1) is 0 Å². The van der Waals surface area contributed by atoms with E-state index in [1.807, 2.05) is 18.2 Å². The summed E-state index contributed by atoms with van der Waals surface area (Å²) in [7, 11) is 0. The smallest absolute Gasteiger partial charge is 0.193 e. The van der Waals surface area contributed by atoms with Gasteiger partial charge in [-0.15, -0.1) is 0 Å². The normalized spacial score (nSPS) is 9.87. The molecule has 2 heteroatoms. The SMILES string of the molecule is O=C(c1ccccc1)c1ccc(O)cc1.[HH]. The minimum Gasteiger partial charge on any atom is -0.508 e. The molecule has 2 aromatic carbocycles.